The number of benzene rings is 1. The lowest BCUT2D eigenvalue weighted by molar-refractivity contribution is 0.131. The molecule has 18 heavy (non-hydrogen) atoms. The summed E-state index contributed by atoms with van der Waals surface area (Å²) in [6.45, 7) is 7.31. The largest absolute Gasteiger partial charge is 0.490 e. The Hall–Kier alpha value is -1.22. The SMILES string of the molecule is CC1(C)Cc2cccc(OCCC3CNC3)c2O1. The lowest BCUT2D eigenvalue weighted by Gasteiger charge is -2.27. The molecule has 0 aromatic heterocycles. The molecule has 0 spiro atoms. The molecular formula is C15H21NO2. The van der Waals surface area contributed by atoms with Crippen LogP contribution in [0.5, 0.6) is 11.5 Å². The fraction of sp³-hybridized carbons (Fsp3) is 0.600. The van der Waals surface area contributed by atoms with E-state index in [-0.39, 0.29) is 5.60 Å². The standard InChI is InChI=1S/C15H21NO2/c1-15(2)8-12-4-3-5-13(14(12)18-15)17-7-6-11-9-16-10-11/h3-5,11,16H,6-10H2,1-2H3. The summed E-state index contributed by atoms with van der Waals surface area (Å²) in [5, 5.41) is 3.28. The molecule has 2 heterocycles. The fourth-order valence-corrected chi connectivity index (χ4v) is 2.59. The minimum atomic E-state index is -0.0975. The third-order valence-electron chi connectivity index (χ3n) is 3.70. The number of nitrogens with one attached hydrogen (secondary N) is 1. The van der Waals surface area contributed by atoms with E-state index in [4.69, 9.17) is 9.47 Å². The third-order valence-corrected chi connectivity index (χ3v) is 3.70. The minimum Gasteiger partial charge on any atom is -0.490 e. The highest BCUT2D eigenvalue weighted by atomic mass is 16.5. The van der Waals surface area contributed by atoms with Gasteiger partial charge in [-0.2, -0.15) is 0 Å². The average Bonchev–Trinajstić information content (AvgIpc) is 2.56. The average molecular weight is 247 g/mol. The number of para-hydroxylation sites is 1. The molecule has 3 rings (SSSR count). The van der Waals surface area contributed by atoms with Gasteiger partial charge in [0.25, 0.3) is 0 Å². The van der Waals surface area contributed by atoms with Crippen molar-refractivity contribution in [1.82, 2.24) is 5.32 Å². The van der Waals surface area contributed by atoms with Crippen molar-refractivity contribution in [3.63, 3.8) is 0 Å². The maximum Gasteiger partial charge on any atom is 0.165 e. The highest BCUT2D eigenvalue weighted by Crippen LogP contribution is 2.41. The van der Waals surface area contributed by atoms with E-state index in [1.165, 1.54) is 5.56 Å². The number of hydrogen-bond donors (Lipinski definition) is 1. The number of fused-ring (bicyclic) bond motifs is 1. The van der Waals surface area contributed by atoms with E-state index in [9.17, 15) is 0 Å². The van der Waals surface area contributed by atoms with Crippen LogP contribution in [0.2, 0.25) is 0 Å². The molecular weight excluding hydrogens is 226 g/mol. The van der Waals surface area contributed by atoms with Crippen molar-refractivity contribution >= 4 is 0 Å². The summed E-state index contributed by atoms with van der Waals surface area (Å²) >= 11 is 0. The Morgan fingerprint density at radius 1 is 1.39 bits per heavy atom. The van der Waals surface area contributed by atoms with Gasteiger partial charge in [0, 0.05) is 12.0 Å². The predicted octanol–water partition coefficient (Wildman–Crippen LogP) is 2.39. The molecule has 0 bridgehead atoms. The summed E-state index contributed by atoms with van der Waals surface area (Å²) in [6, 6.07) is 6.20. The van der Waals surface area contributed by atoms with Crippen LogP contribution in [0.3, 0.4) is 0 Å². The maximum absolute atomic E-state index is 5.99. The highest BCUT2D eigenvalue weighted by Gasteiger charge is 2.32. The fourth-order valence-electron chi connectivity index (χ4n) is 2.59. The van der Waals surface area contributed by atoms with Crippen molar-refractivity contribution in [2.24, 2.45) is 5.92 Å². The Kier molecular flexibility index (Phi) is 2.94. The molecule has 1 saturated heterocycles. The van der Waals surface area contributed by atoms with Gasteiger partial charge in [0.2, 0.25) is 0 Å². The van der Waals surface area contributed by atoms with Crippen LogP contribution in [0.1, 0.15) is 25.8 Å². The van der Waals surface area contributed by atoms with Crippen LogP contribution in [0.25, 0.3) is 0 Å². The molecule has 0 aliphatic carbocycles. The molecule has 2 aliphatic rings. The molecule has 0 atom stereocenters. The molecule has 3 nitrogen and oxygen atoms in total. The van der Waals surface area contributed by atoms with E-state index in [1.54, 1.807) is 0 Å². The van der Waals surface area contributed by atoms with Gasteiger partial charge in [-0.3, -0.25) is 0 Å². The van der Waals surface area contributed by atoms with Crippen molar-refractivity contribution in [2.45, 2.75) is 32.3 Å². The zero-order chi connectivity index (χ0) is 12.6. The van der Waals surface area contributed by atoms with Crippen LogP contribution in [0.15, 0.2) is 18.2 Å². The first-order chi connectivity index (χ1) is 8.64. The van der Waals surface area contributed by atoms with Crippen LogP contribution in [-0.2, 0) is 6.42 Å². The molecule has 1 N–H and O–H groups in total. The molecule has 2 aliphatic heterocycles. The number of rotatable bonds is 4. The third kappa shape index (κ3) is 2.32. The normalized spacial score (nSPS) is 21.0. The molecule has 0 amide bonds. The summed E-state index contributed by atoms with van der Waals surface area (Å²) in [5.41, 5.74) is 1.17. The summed E-state index contributed by atoms with van der Waals surface area (Å²) in [4.78, 5) is 0. The van der Waals surface area contributed by atoms with Gasteiger partial charge in [-0.15, -0.1) is 0 Å². The summed E-state index contributed by atoms with van der Waals surface area (Å²) in [6.07, 6.45) is 2.09. The molecule has 3 heteroatoms. The number of hydrogen-bond acceptors (Lipinski definition) is 3. The zero-order valence-corrected chi connectivity index (χ0v) is 11.2. The Morgan fingerprint density at radius 3 is 2.94 bits per heavy atom. The Balaban J connectivity index is 1.64. The first-order valence-electron chi connectivity index (χ1n) is 6.78. The molecule has 0 radical (unpaired) electrons. The van der Waals surface area contributed by atoms with Crippen LogP contribution >= 0.6 is 0 Å². The zero-order valence-electron chi connectivity index (χ0n) is 11.2. The van der Waals surface area contributed by atoms with Crippen molar-refractivity contribution in [2.75, 3.05) is 19.7 Å². The smallest absolute Gasteiger partial charge is 0.165 e. The van der Waals surface area contributed by atoms with Gasteiger partial charge < -0.3 is 14.8 Å². The van der Waals surface area contributed by atoms with Gasteiger partial charge in [0.05, 0.1) is 6.61 Å². The maximum atomic E-state index is 5.99. The summed E-state index contributed by atoms with van der Waals surface area (Å²) in [5.74, 6) is 2.65. The predicted molar refractivity (Wildman–Crippen MR) is 71.3 cm³/mol. The van der Waals surface area contributed by atoms with Gasteiger partial charge >= 0.3 is 0 Å². The quantitative estimate of drug-likeness (QED) is 0.886. The van der Waals surface area contributed by atoms with Gasteiger partial charge in [-0.05, 0) is 45.3 Å². The van der Waals surface area contributed by atoms with Crippen molar-refractivity contribution < 1.29 is 9.47 Å². The molecule has 1 fully saturated rings. The second-order valence-electron chi connectivity index (χ2n) is 5.94. The van der Waals surface area contributed by atoms with Gasteiger partial charge in [-0.1, -0.05) is 12.1 Å². The van der Waals surface area contributed by atoms with Gasteiger partial charge in [0.1, 0.15) is 5.60 Å². The lowest BCUT2D eigenvalue weighted by Crippen LogP contribution is -2.42. The van der Waals surface area contributed by atoms with E-state index in [0.717, 1.165) is 50.0 Å². The second-order valence-corrected chi connectivity index (χ2v) is 5.94. The van der Waals surface area contributed by atoms with Crippen molar-refractivity contribution in [1.29, 1.82) is 0 Å². The van der Waals surface area contributed by atoms with Crippen LogP contribution in [0.4, 0.5) is 0 Å². The van der Waals surface area contributed by atoms with E-state index in [1.807, 2.05) is 6.07 Å². The first kappa shape index (κ1) is 11.8. The molecule has 0 saturated carbocycles. The minimum absolute atomic E-state index is 0.0975. The van der Waals surface area contributed by atoms with Crippen molar-refractivity contribution in [3.8, 4) is 11.5 Å². The summed E-state index contributed by atoms with van der Waals surface area (Å²) < 4.78 is 11.9. The van der Waals surface area contributed by atoms with Crippen LogP contribution in [-0.4, -0.2) is 25.3 Å². The molecule has 1 aromatic rings. The van der Waals surface area contributed by atoms with E-state index in [2.05, 4.69) is 31.3 Å². The molecule has 0 unspecified atom stereocenters. The summed E-state index contributed by atoms with van der Waals surface area (Å²) in [7, 11) is 0. The topological polar surface area (TPSA) is 30.5 Å². The van der Waals surface area contributed by atoms with Gasteiger partial charge in [-0.25, -0.2) is 0 Å². The van der Waals surface area contributed by atoms with Gasteiger partial charge in [0.15, 0.2) is 11.5 Å². The Labute approximate surface area is 108 Å². The van der Waals surface area contributed by atoms with E-state index in [0.29, 0.717) is 0 Å². The monoisotopic (exact) mass is 247 g/mol. The Morgan fingerprint density at radius 2 is 2.22 bits per heavy atom. The van der Waals surface area contributed by atoms with E-state index < -0.39 is 0 Å². The van der Waals surface area contributed by atoms with Crippen LogP contribution in [0, 0.1) is 5.92 Å². The Bertz CT molecular complexity index is 438. The van der Waals surface area contributed by atoms with Crippen LogP contribution < -0.4 is 14.8 Å². The molecule has 1 aromatic carbocycles. The highest BCUT2D eigenvalue weighted by molar-refractivity contribution is 5.50. The van der Waals surface area contributed by atoms with Crippen molar-refractivity contribution in [3.05, 3.63) is 23.8 Å². The second kappa shape index (κ2) is 4.47. The number of ether oxygens (including phenoxy) is 2. The first-order valence-corrected chi connectivity index (χ1v) is 6.78. The molecule has 98 valence electrons. The lowest BCUT2D eigenvalue weighted by atomic mass is 10.0. The van der Waals surface area contributed by atoms with E-state index >= 15 is 0 Å².